The van der Waals surface area contributed by atoms with Crippen molar-refractivity contribution in [2.75, 3.05) is 6.54 Å². The van der Waals surface area contributed by atoms with E-state index in [1.54, 1.807) is 11.4 Å². The van der Waals surface area contributed by atoms with Gasteiger partial charge in [0.05, 0.1) is 4.88 Å². The molecule has 1 saturated carbocycles. The number of carbonyl (C=O) groups excluding carboxylic acids is 2. The van der Waals surface area contributed by atoms with E-state index < -0.39 is 0 Å². The predicted molar refractivity (Wildman–Crippen MR) is 74.6 cm³/mol. The van der Waals surface area contributed by atoms with Gasteiger partial charge in [0.25, 0.3) is 5.91 Å². The van der Waals surface area contributed by atoms with E-state index in [1.165, 1.54) is 18.3 Å². The van der Waals surface area contributed by atoms with E-state index in [0.717, 1.165) is 12.8 Å². The summed E-state index contributed by atoms with van der Waals surface area (Å²) in [5.41, 5.74) is 6.22. The molecule has 1 aromatic rings. The fraction of sp³-hybridized carbons (Fsp3) is 0.500. The van der Waals surface area contributed by atoms with Gasteiger partial charge in [0.1, 0.15) is 0 Å². The molecule has 2 rings (SSSR count). The molecule has 3 N–H and O–H groups in total. The number of halogens is 1. The zero-order valence-electron chi connectivity index (χ0n) is 10.1. The van der Waals surface area contributed by atoms with Crippen LogP contribution in [0, 0.1) is 5.92 Å². The topological polar surface area (TPSA) is 72.2 Å². The van der Waals surface area contributed by atoms with E-state index in [4.69, 9.17) is 5.73 Å². The molecule has 0 aliphatic heterocycles. The van der Waals surface area contributed by atoms with E-state index in [2.05, 4.69) is 5.32 Å². The zero-order chi connectivity index (χ0) is 12.4. The smallest absolute Gasteiger partial charge is 0.261 e. The molecule has 4 nitrogen and oxygen atoms in total. The molecule has 0 aromatic carbocycles. The molecule has 0 radical (unpaired) electrons. The summed E-state index contributed by atoms with van der Waals surface area (Å²) in [6.07, 6.45) is 2.29. The van der Waals surface area contributed by atoms with Crippen LogP contribution in [-0.2, 0) is 0 Å². The van der Waals surface area contributed by atoms with Crippen LogP contribution in [0.3, 0.4) is 0 Å². The highest BCUT2D eigenvalue weighted by molar-refractivity contribution is 7.12. The molecule has 0 saturated heterocycles. The number of carbonyl (C=O) groups is 2. The van der Waals surface area contributed by atoms with Crippen molar-refractivity contribution in [2.24, 2.45) is 11.7 Å². The van der Waals surface area contributed by atoms with Gasteiger partial charge in [-0.3, -0.25) is 9.59 Å². The van der Waals surface area contributed by atoms with Gasteiger partial charge in [0.15, 0.2) is 5.78 Å². The van der Waals surface area contributed by atoms with Crippen molar-refractivity contribution in [1.82, 2.24) is 5.32 Å². The molecular formula is C12H17ClN2O2S. The Morgan fingerprint density at radius 1 is 1.56 bits per heavy atom. The van der Waals surface area contributed by atoms with Crippen LogP contribution >= 0.6 is 23.7 Å². The maximum atomic E-state index is 11.9. The SMILES string of the molecule is CC(=O)c1csc(C(=O)NC(CN)C2CC2)c1.Cl. The van der Waals surface area contributed by atoms with Gasteiger partial charge in [-0.25, -0.2) is 0 Å². The fourth-order valence-corrected chi connectivity index (χ4v) is 2.60. The van der Waals surface area contributed by atoms with Gasteiger partial charge >= 0.3 is 0 Å². The molecule has 6 heteroatoms. The molecule has 1 aliphatic carbocycles. The first-order valence-electron chi connectivity index (χ1n) is 5.72. The maximum Gasteiger partial charge on any atom is 0.261 e. The Labute approximate surface area is 116 Å². The van der Waals surface area contributed by atoms with Crippen LogP contribution in [0.25, 0.3) is 0 Å². The Hall–Kier alpha value is -0.910. The monoisotopic (exact) mass is 288 g/mol. The molecule has 0 spiro atoms. The fourth-order valence-electron chi connectivity index (χ4n) is 1.75. The Morgan fingerprint density at radius 2 is 2.22 bits per heavy atom. The van der Waals surface area contributed by atoms with E-state index in [-0.39, 0.29) is 30.1 Å². The van der Waals surface area contributed by atoms with E-state index in [1.807, 2.05) is 0 Å². The number of ketones is 1. The number of hydrogen-bond donors (Lipinski definition) is 2. The van der Waals surface area contributed by atoms with Crippen LogP contribution in [0.15, 0.2) is 11.4 Å². The van der Waals surface area contributed by atoms with Gasteiger partial charge in [0, 0.05) is 23.5 Å². The molecule has 1 fully saturated rings. The third kappa shape index (κ3) is 3.54. The first-order chi connectivity index (χ1) is 8.11. The highest BCUT2D eigenvalue weighted by atomic mass is 35.5. The van der Waals surface area contributed by atoms with Crippen molar-refractivity contribution in [1.29, 1.82) is 0 Å². The summed E-state index contributed by atoms with van der Waals surface area (Å²) in [7, 11) is 0. The third-order valence-electron chi connectivity index (χ3n) is 2.99. The van der Waals surface area contributed by atoms with Gasteiger partial charge in [-0.1, -0.05) is 0 Å². The molecule has 18 heavy (non-hydrogen) atoms. The maximum absolute atomic E-state index is 11.9. The summed E-state index contributed by atoms with van der Waals surface area (Å²) in [5, 5.41) is 4.65. The molecular weight excluding hydrogens is 272 g/mol. The lowest BCUT2D eigenvalue weighted by Crippen LogP contribution is -2.41. The van der Waals surface area contributed by atoms with Crippen LogP contribution in [-0.4, -0.2) is 24.3 Å². The average molecular weight is 289 g/mol. The number of thiophene rings is 1. The van der Waals surface area contributed by atoms with E-state index >= 15 is 0 Å². The summed E-state index contributed by atoms with van der Waals surface area (Å²) in [6.45, 7) is 1.97. The Kier molecular flexibility index (Phi) is 5.31. The molecule has 1 heterocycles. The standard InChI is InChI=1S/C12H16N2O2S.ClH/c1-7(15)9-4-11(17-6-9)12(16)14-10(5-13)8-2-3-8;/h4,6,8,10H,2-3,5,13H2,1H3,(H,14,16);1H. The molecule has 1 atom stereocenters. The number of nitrogens with one attached hydrogen (secondary N) is 1. The zero-order valence-corrected chi connectivity index (χ0v) is 11.8. The second kappa shape index (κ2) is 6.31. The van der Waals surface area contributed by atoms with Gasteiger partial charge in [-0.2, -0.15) is 0 Å². The lowest BCUT2D eigenvalue weighted by atomic mass is 10.2. The molecule has 1 aliphatic rings. The van der Waals surface area contributed by atoms with Crippen LogP contribution in [0.1, 0.15) is 39.8 Å². The average Bonchev–Trinajstić information content (AvgIpc) is 3.01. The second-order valence-corrected chi connectivity index (χ2v) is 5.32. The molecule has 1 aromatic heterocycles. The summed E-state index contributed by atoms with van der Waals surface area (Å²) < 4.78 is 0. The number of amides is 1. The second-order valence-electron chi connectivity index (χ2n) is 4.41. The molecule has 1 unspecified atom stereocenters. The summed E-state index contributed by atoms with van der Waals surface area (Å²) in [4.78, 5) is 23.6. The van der Waals surface area contributed by atoms with Crippen molar-refractivity contribution in [3.05, 3.63) is 21.9 Å². The summed E-state index contributed by atoms with van der Waals surface area (Å²) in [5.74, 6) is 0.402. The highest BCUT2D eigenvalue weighted by Crippen LogP contribution is 2.32. The quantitative estimate of drug-likeness (QED) is 0.812. The van der Waals surface area contributed by atoms with Crippen molar-refractivity contribution in [3.8, 4) is 0 Å². The van der Waals surface area contributed by atoms with E-state index in [9.17, 15) is 9.59 Å². The molecule has 0 bridgehead atoms. The Balaban J connectivity index is 0.00000162. The molecule has 1 amide bonds. The molecule has 100 valence electrons. The number of nitrogens with two attached hydrogens (primary N) is 1. The van der Waals surface area contributed by atoms with Crippen LogP contribution < -0.4 is 11.1 Å². The van der Waals surface area contributed by atoms with Crippen LogP contribution in [0.4, 0.5) is 0 Å². The summed E-state index contributed by atoms with van der Waals surface area (Å²) >= 11 is 1.30. The van der Waals surface area contributed by atoms with Crippen molar-refractivity contribution < 1.29 is 9.59 Å². The van der Waals surface area contributed by atoms with Crippen molar-refractivity contribution >= 4 is 35.4 Å². The predicted octanol–water partition coefficient (Wildman–Crippen LogP) is 1.84. The Morgan fingerprint density at radius 3 is 2.67 bits per heavy atom. The summed E-state index contributed by atoms with van der Waals surface area (Å²) in [6, 6.07) is 1.72. The minimum Gasteiger partial charge on any atom is -0.347 e. The third-order valence-corrected chi connectivity index (χ3v) is 3.92. The number of hydrogen-bond acceptors (Lipinski definition) is 4. The van der Waals surface area contributed by atoms with Crippen LogP contribution in [0.2, 0.25) is 0 Å². The normalized spacial score (nSPS) is 15.7. The first-order valence-corrected chi connectivity index (χ1v) is 6.60. The minimum atomic E-state index is -0.121. The van der Waals surface area contributed by atoms with E-state index in [0.29, 0.717) is 22.9 Å². The van der Waals surface area contributed by atoms with Crippen molar-refractivity contribution in [3.63, 3.8) is 0 Å². The van der Waals surface area contributed by atoms with Gasteiger partial charge < -0.3 is 11.1 Å². The minimum absolute atomic E-state index is 0. The lowest BCUT2D eigenvalue weighted by Gasteiger charge is -2.14. The van der Waals surface area contributed by atoms with Gasteiger partial charge in [-0.05, 0) is 31.7 Å². The number of rotatable bonds is 5. The lowest BCUT2D eigenvalue weighted by molar-refractivity contribution is 0.0937. The van der Waals surface area contributed by atoms with Gasteiger partial charge in [0.2, 0.25) is 0 Å². The first kappa shape index (κ1) is 15.1. The van der Waals surface area contributed by atoms with Crippen LogP contribution in [0.5, 0.6) is 0 Å². The van der Waals surface area contributed by atoms with Crippen molar-refractivity contribution in [2.45, 2.75) is 25.8 Å². The largest absolute Gasteiger partial charge is 0.347 e. The number of Topliss-reactive ketones (excluding diaryl/α,β-unsaturated/α-hetero) is 1. The Bertz CT molecular complexity index is 443. The highest BCUT2D eigenvalue weighted by Gasteiger charge is 2.31. The van der Waals surface area contributed by atoms with Gasteiger partial charge in [-0.15, -0.1) is 23.7 Å².